The van der Waals surface area contributed by atoms with E-state index in [1.807, 2.05) is 19.1 Å². The molecule has 0 aliphatic heterocycles. The van der Waals surface area contributed by atoms with Crippen molar-refractivity contribution in [1.82, 2.24) is 15.2 Å². The zero-order chi connectivity index (χ0) is 18.8. The predicted molar refractivity (Wildman–Crippen MR) is 105 cm³/mol. The van der Waals surface area contributed by atoms with Gasteiger partial charge in [0.25, 0.3) is 11.5 Å². The summed E-state index contributed by atoms with van der Waals surface area (Å²) in [5, 5.41) is 9.64. The number of hydrazone groups is 1. The molecule has 1 N–H and O–H groups in total. The van der Waals surface area contributed by atoms with E-state index >= 15 is 0 Å². The summed E-state index contributed by atoms with van der Waals surface area (Å²) in [5.74, 6) is -0.403. The first-order chi connectivity index (χ1) is 13.2. The highest BCUT2D eigenvalue weighted by atomic mass is 16.2. The van der Waals surface area contributed by atoms with Gasteiger partial charge in [-0.1, -0.05) is 49.4 Å². The second kappa shape index (κ2) is 7.15. The number of aryl methyl sites for hydroxylation is 1. The number of hydrogen-bond acceptors (Lipinski definition) is 4. The molecule has 3 aromatic rings. The van der Waals surface area contributed by atoms with Crippen molar-refractivity contribution in [3.8, 4) is 0 Å². The maximum Gasteiger partial charge on any atom is 0.292 e. The third kappa shape index (κ3) is 3.26. The molecule has 0 fully saturated rings. The van der Waals surface area contributed by atoms with Crippen LogP contribution >= 0.6 is 0 Å². The van der Waals surface area contributed by atoms with Gasteiger partial charge in [0.2, 0.25) is 0 Å². The largest absolute Gasteiger partial charge is 0.292 e. The highest BCUT2D eigenvalue weighted by Crippen LogP contribution is 2.19. The third-order valence-electron chi connectivity index (χ3n) is 4.74. The summed E-state index contributed by atoms with van der Waals surface area (Å²) in [6, 6.07) is 15.2. The first kappa shape index (κ1) is 17.1. The van der Waals surface area contributed by atoms with Gasteiger partial charge in [0.05, 0.1) is 5.39 Å². The number of aromatic nitrogens is 2. The minimum atomic E-state index is -0.403. The highest BCUT2D eigenvalue weighted by molar-refractivity contribution is 6.05. The summed E-state index contributed by atoms with van der Waals surface area (Å²) >= 11 is 0. The molecule has 0 radical (unpaired) electrons. The predicted octanol–water partition coefficient (Wildman–Crippen LogP) is 2.69. The summed E-state index contributed by atoms with van der Waals surface area (Å²) in [4.78, 5) is 25.3. The van der Waals surface area contributed by atoms with Gasteiger partial charge in [0.1, 0.15) is 0 Å². The normalized spacial score (nSPS) is 12.9. The lowest BCUT2D eigenvalue weighted by Gasteiger charge is -2.09. The van der Waals surface area contributed by atoms with Crippen molar-refractivity contribution >= 4 is 22.4 Å². The minimum absolute atomic E-state index is 0.179. The van der Waals surface area contributed by atoms with Crippen LogP contribution in [0.5, 0.6) is 0 Å². The number of carbonyl (C=O) groups excluding carboxylic acids is 1. The summed E-state index contributed by atoms with van der Waals surface area (Å²) in [6.45, 7) is 2.43. The van der Waals surface area contributed by atoms with E-state index in [1.54, 1.807) is 24.3 Å². The standard InChI is InChI=1S/C21H20N4O2/c1-2-11-25-21(27)18-10-6-5-9-17(18)19(24-25)20(26)23-22-16-12-14-7-3-4-8-15(14)13-16/h3-10H,2,11-13H2,1H3,(H,23,26). The average Bonchev–Trinajstić information content (AvgIpc) is 3.11. The molecule has 1 heterocycles. The van der Waals surface area contributed by atoms with Crippen LogP contribution in [0.3, 0.4) is 0 Å². The number of carbonyl (C=O) groups is 1. The molecule has 0 saturated carbocycles. The summed E-state index contributed by atoms with van der Waals surface area (Å²) in [5.41, 5.74) is 6.06. The second-order valence-corrected chi connectivity index (χ2v) is 6.66. The fourth-order valence-corrected chi connectivity index (χ4v) is 3.43. The van der Waals surface area contributed by atoms with E-state index in [1.165, 1.54) is 15.8 Å². The highest BCUT2D eigenvalue weighted by Gasteiger charge is 2.19. The lowest BCUT2D eigenvalue weighted by atomic mass is 10.1. The lowest BCUT2D eigenvalue weighted by Crippen LogP contribution is -2.29. The Hall–Kier alpha value is -3.28. The number of nitrogens with zero attached hydrogens (tertiary/aromatic N) is 3. The second-order valence-electron chi connectivity index (χ2n) is 6.66. The number of benzene rings is 2. The van der Waals surface area contributed by atoms with Crippen LogP contribution < -0.4 is 11.0 Å². The maximum atomic E-state index is 12.8. The van der Waals surface area contributed by atoms with Gasteiger partial charge in [-0.25, -0.2) is 10.1 Å². The summed E-state index contributed by atoms with van der Waals surface area (Å²) in [7, 11) is 0. The van der Waals surface area contributed by atoms with Crippen LogP contribution in [0.25, 0.3) is 10.8 Å². The number of nitrogens with one attached hydrogen (secondary N) is 1. The van der Waals surface area contributed by atoms with Crippen LogP contribution in [0.2, 0.25) is 0 Å². The molecule has 6 nitrogen and oxygen atoms in total. The molecule has 0 saturated heterocycles. The van der Waals surface area contributed by atoms with Crippen LogP contribution in [-0.2, 0) is 19.4 Å². The molecule has 1 aliphatic carbocycles. The Morgan fingerprint density at radius 3 is 2.37 bits per heavy atom. The van der Waals surface area contributed by atoms with Gasteiger partial charge in [-0.2, -0.15) is 10.2 Å². The van der Waals surface area contributed by atoms with Gasteiger partial charge >= 0.3 is 0 Å². The third-order valence-corrected chi connectivity index (χ3v) is 4.74. The quantitative estimate of drug-likeness (QED) is 0.727. The van der Waals surface area contributed by atoms with Gasteiger partial charge in [-0.05, 0) is 23.6 Å². The van der Waals surface area contributed by atoms with Gasteiger partial charge < -0.3 is 0 Å². The van der Waals surface area contributed by atoms with Crippen molar-refractivity contribution in [2.75, 3.05) is 0 Å². The van der Waals surface area contributed by atoms with Crippen molar-refractivity contribution in [1.29, 1.82) is 0 Å². The topological polar surface area (TPSA) is 76.3 Å². The molecule has 0 atom stereocenters. The lowest BCUT2D eigenvalue weighted by molar-refractivity contribution is 0.0949. The van der Waals surface area contributed by atoms with Crippen LogP contribution in [0.4, 0.5) is 0 Å². The van der Waals surface area contributed by atoms with E-state index < -0.39 is 5.91 Å². The van der Waals surface area contributed by atoms with Crippen LogP contribution in [0.1, 0.15) is 35.0 Å². The Bertz CT molecular complexity index is 1090. The van der Waals surface area contributed by atoms with Gasteiger partial charge in [0, 0.05) is 30.5 Å². The molecule has 6 heteroatoms. The van der Waals surface area contributed by atoms with Gasteiger partial charge in [0.15, 0.2) is 5.69 Å². The monoisotopic (exact) mass is 360 g/mol. The fraction of sp³-hybridized carbons (Fsp3) is 0.238. The Balaban J connectivity index is 1.64. The SMILES string of the molecule is CCCn1nc(C(=O)NN=C2Cc3ccccc3C2)c2ccccc2c1=O. The zero-order valence-electron chi connectivity index (χ0n) is 15.1. The average molecular weight is 360 g/mol. The molecule has 0 spiro atoms. The van der Waals surface area contributed by atoms with Crippen molar-refractivity contribution in [3.63, 3.8) is 0 Å². The molecule has 4 rings (SSSR count). The fourth-order valence-electron chi connectivity index (χ4n) is 3.43. The first-order valence-corrected chi connectivity index (χ1v) is 9.09. The maximum absolute atomic E-state index is 12.8. The number of fused-ring (bicyclic) bond motifs is 2. The van der Waals surface area contributed by atoms with Crippen LogP contribution in [0.15, 0.2) is 58.4 Å². The van der Waals surface area contributed by atoms with Gasteiger partial charge in [-0.15, -0.1) is 0 Å². The van der Waals surface area contributed by atoms with Crippen molar-refractivity contribution in [2.45, 2.75) is 32.7 Å². The molecule has 27 heavy (non-hydrogen) atoms. The Morgan fingerprint density at radius 1 is 1.07 bits per heavy atom. The molecule has 2 aromatic carbocycles. The Labute approximate surface area is 156 Å². The number of rotatable bonds is 4. The number of hydrogen-bond donors (Lipinski definition) is 1. The van der Waals surface area contributed by atoms with Crippen LogP contribution in [0, 0.1) is 0 Å². The van der Waals surface area contributed by atoms with E-state index in [2.05, 4.69) is 27.8 Å². The summed E-state index contributed by atoms with van der Waals surface area (Å²) < 4.78 is 1.36. The Kier molecular flexibility index (Phi) is 4.54. The molecule has 1 aliphatic rings. The van der Waals surface area contributed by atoms with E-state index in [-0.39, 0.29) is 11.3 Å². The number of amides is 1. The van der Waals surface area contributed by atoms with E-state index in [4.69, 9.17) is 0 Å². The minimum Gasteiger partial charge on any atom is -0.267 e. The van der Waals surface area contributed by atoms with E-state index in [0.29, 0.717) is 17.3 Å². The van der Waals surface area contributed by atoms with Crippen molar-refractivity contribution < 1.29 is 4.79 Å². The first-order valence-electron chi connectivity index (χ1n) is 9.09. The van der Waals surface area contributed by atoms with E-state index in [0.717, 1.165) is 25.0 Å². The van der Waals surface area contributed by atoms with Crippen molar-refractivity contribution in [3.05, 3.63) is 75.7 Å². The van der Waals surface area contributed by atoms with E-state index in [9.17, 15) is 9.59 Å². The summed E-state index contributed by atoms with van der Waals surface area (Å²) in [6.07, 6.45) is 2.23. The molecule has 136 valence electrons. The molecular formula is C21H20N4O2. The van der Waals surface area contributed by atoms with Gasteiger partial charge in [-0.3, -0.25) is 9.59 Å². The Morgan fingerprint density at radius 2 is 1.70 bits per heavy atom. The smallest absolute Gasteiger partial charge is 0.267 e. The molecular weight excluding hydrogens is 340 g/mol. The van der Waals surface area contributed by atoms with Crippen LogP contribution in [-0.4, -0.2) is 21.4 Å². The molecule has 1 aromatic heterocycles. The van der Waals surface area contributed by atoms with Crippen molar-refractivity contribution in [2.24, 2.45) is 5.10 Å². The zero-order valence-corrected chi connectivity index (χ0v) is 15.1. The molecule has 1 amide bonds. The molecule has 0 bridgehead atoms. The molecule has 0 unspecified atom stereocenters.